The summed E-state index contributed by atoms with van der Waals surface area (Å²) in [7, 11) is 0. The van der Waals surface area contributed by atoms with Crippen molar-refractivity contribution in [2.75, 3.05) is 4.90 Å². The molecule has 1 aliphatic rings. The maximum absolute atomic E-state index is 12.8. The number of rotatable bonds is 4. The molecule has 0 unspecified atom stereocenters. The molecule has 0 aliphatic heterocycles. The van der Waals surface area contributed by atoms with Gasteiger partial charge in [-0.15, -0.1) is 11.3 Å². The maximum Gasteiger partial charge on any atom is 0.230 e. The van der Waals surface area contributed by atoms with E-state index in [-0.39, 0.29) is 11.8 Å². The molecule has 1 amide bonds. The number of anilines is 1. The van der Waals surface area contributed by atoms with E-state index < -0.39 is 0 Å². The molecule has 0 spiro atoms. The molecule has 0 bridgehead atoms. The van der Waals surface area contributed by atoms with E-state index in [1.165, 1.54) is 12.8 Å². The summed E-state index contributed by atoms with van der Waals surface area (Å²) in [5, 5.41) is 2.01. The van der Waals surface area contributed by atoms with Gasteiger partial charge in [0.05, 0.1) is 17.7 Å². The number of carbonyl (C=O) groups excluding carboxylic acids is 1. The average Bonchev–Trinajstić information content (AvgIpc) is 3.18. The first-order valence-electron chi connectivity index (χ1n) is 7.08. The monoisotopic (exact) mass is 286 g/mol. The summed E-state index contributed by atoms with van der Waals surface area (Å²) in [6.07, 6.45) is 4.41. The zero-order chi connectivity index (χ0) is 13.8. The van der Waals surface area contributed by atoms with Gasteiger partial charge in [0.1, 0.15) is 0 Å². The number of thiazole rings is 1. The third-order valence-corrected chi connectivity index (χ3v) is 4.48. The van der Waals surface area contributed by atoms with E-state index in [1.807, 2.05) is 46.1 Å². The number of nitrogens with zero attached hydrogens (tertiary/aromatic N) is 2. The van der Waals surface area contributed by atoms with E-state index in [4.69, 9.17) is 0 Å². The lowest BCUT2D eigenvalue weighted by atomic mass is 10.1. The van der Waals surface area contributed by atoms with Gasteiger partial charge in [-0.2, -0.15) is 0 Å². The van der Waals surface area contributed by atoms with Crippen LogP contribution in [0.25, 0.3) is 0 Å². The highest BCUT2D eigenvalue weighted by Crippen LogP contribution is 2.29. The molecule has 2 aromatic rings. The minimum absolute atomic E-state index is 0.189. The molecule has 0 N–H and O–H groups in total. The molecule has 1 fully saturated rings. The van der Waals surface area contributed by atoms with Crippen molar-refractivity contribution >= 4 is 22.9 Å². The van der Waals surface area contributed by atoms with Gasteiger partial charge in [0, 0.05) is 17.0 Å². The van der Waals surface area contributed by atoms with E-state index in [9.17, 15) is 4.79 Å². The fourth-order valence-electron chi connectivity index (χ4n) is 2.78. The SMILES string of the molecule is O=C(C1CCCC1)N(Cc1cscn1)c1ccccc1. The van der Waals surface area contributed by atoms with Crippen LogP contribution in [-0.2, 0) is 11.3 Å². The minimum Gasteiger partial charge on any atom is -0.306 e. The molecule has 0 radical (unpaired) electrons. The van der Waals surface area contributed by atoms with Crippen molar-refractivity contribution in [1.82, 2.24) is 4.98 Å². The highest BCUT2D eigenvalue weighted by molar-refractivity contribution is 7.07. The molecular weight excluding hydrogens is 268 g/mol. The molecule has 1 saturated carbocycles. The fourth-order valence-corrected chi connectivity index (χ4v) is 3.32. The summed E-state index contributed by atoms with van der Waals surface area (Å²) in [5.74, 6) is 0.440. The highest BCUT2D eigenvalue weighted by Gasteiger charge is 2.28. The van der Waals surface area contributed by atoms with Gasteiger partial charge in [-0.3, -0.25) is 4.79 Å². The Bertz CT molecular complexity index is 547. The van der Waals surface area contributed by atoms with Crippen molar-refractivity contribution in [1.29, 1.82) is 0 Å². The quantitative estimate of drug-likeness (QED) is 0.855. The van der Waals surface area contributed by atoms with Gasteiger partial charge in [-0.25, -0.2) is 4.98 Å². The fraction of sp³-hybridized carbons (Fsp3) is 0.375. The van der Waals surface area contributed by atoms with Crippen molar-refractivity contribution in [3.63, 3.8) is 0 Å². The van der Waals surface area contributed by atoms with Crippen LogP contribution in [0.4, 0.5) is 5.69 Å². The Morgan fingerprint density at radius 2 is 2.00 bits per heavy atom. The van der Waals surface area contributed by atoms with E-state index >= 15 is 0 Å². The Hall–Kier alpha value is -1.68. The van der Waals surface area contributed by atoms with E-state index in [0.717, 1.165) is 24.2 Å². The van der Waals surface area contributed by atoms with Crippen molar-refractivity contribution in [2.45, 2.75) is 32.2 Å². The Balaban J connectivity index is 1.84. The van der Waals surface area contributed by atoms with Gasteiger partial charge >= 0.3 is 0 Å². The van der Waals surface area contributed by atoms with Gasteiger partial charge in [-0.1, -0.05) is 31.0 Å². The van der Waals surface area contributed by atoms with Crippen LogP contribution in [0.5, 0.6) is 0 Å². The van der Waals surface area contributed by atoms with Crippen LogP contribution in [0.2, 0.25) is 0 Å². The number of hydrogen-bond acceptors (Lipinski definition) is 3. The third-order valence-electron chi connectivity index (χ3n) is 3.84. The Kier molecular flexibility index (Phi) is 4.11. The van der Waals surface area contributed by atoms with Crippen LogP contribution in [0, 0.1) is 5.92 Å². The van der Waals surface area contributed by atoms with Crippen LogP contribution in [-0.4, -0.2) is 10.9 Å². The number of carbonyl (C=O) groups is 1. The van der Waals surface area contributed by atoms with Gasteiger partial charge < -0.3 is 4.90 Å². The summed E-state index contributed by atoms with van der Waals surface area (Å²) in [6.45, 7) is 0.572. The first-order chi connectivity index (χ1) is 9.84. The number of hydrogen-bond donors (Lipinski definition) is 0. The van der Waals surface area contributed by atoms with Gasteiger partial charge in [0.2, 0.25) is 5.91 Å². The van der Waals surface area contributed by atoms with Crippen LogP contribution in [0.1, 0.15) is 31.4 Å². The Morgan fingerprint density at radius 1 is 1.25 bits per heavy atom. The topological polar surface area (TPSA) is 33.2 Å². The Morgan fingerprint density at radius 3 is 2.65 bits per heavy atom. The Labute approximate surface area is 123 Å². The van der Waals surface area contributed by atoms with Crippen molar-refractivity contribution in [3.05, 3.63) is 46.9 Å². The van der Waals surface area contributed by atoms with Gasteiger partial charge in [-0.05, 0) is 25.0 Å². The zero-order valence-electron chi connectivity index (χ0n) is 11.4. The maximum atomic E-state index is 12.8. The number of para-hydroxylation sites is 1. The van der Waals surface area contributed by atoms with Crippen LogP contribution < -0.4 is 4.90 Å². The summed E-state index contributed by atoms with van der Waals surface area (Å²) in [5.41, 5.74) is 3.75. The molecular formula is C16H18N2OS. The third kappa shape index (κ3) is 2.90. The molecule has 1 aromatic carbocycles. The molecule has 0 atom stereocenters. The second-order valence-electron chi connectivity index (χ2n) is 5.22. The molecule has 104 valence electrons. The summed E-state index contributed by atoms with van der Waals surface area (Å²) in [6, 6.07) is 9.93. The molecule has 1 aromatic heterocycles. The number of benzene rings is 1. The zero-order valence-corrected chi connectivity index (χ0v) is 12.2. The predicted molar refractivity (Wildman–Crippen MR) is 81.7 cm³/mol. The first kappa shape index (κ1) is 13.3. The average molecular weight is 286 g/mol. The van der Waals surface area contributed by atoms with Gasteiger partial charge in [0.25, 0.3) is 0 Å². The van der Waals surface area contributed by atoms with Crippen molar-refractivity contribution < 1.29 is 4.79 Å². The minimum atomic E-state index is 0.189. The molecule has 3 nitrogen and oxygen atoms in total. The largest absolute Gasteiger partial charge is 0.306 e. The molecule has 4 heteroatoms. The summed E-state index contributed by atoms with van der Waals surface area (Å²) in [4.78, 5) is 19.0. The lowest BCUT2D eigenvalue weighted by molar-refractivity contribution is -0.122. The van der Waals surface area contributed by atoms with E-state index in [2.05, 4.69) is 4.98 Å². The van der Waals surface area contributed by atoms with Crippen LogP contribution >= 0.6 is 11.3 Å². The molecule has 1 heterocycles. The predicted octanol–water partition coefficient (Wildman–Crippen LogP) is 3.87. The number of aromatic nitrogens is 1. The molecule has 0 saturated heterocycles. The van der Waals surface area contributed by atoms with Crippen LogP contribution in [0.15, 0.2) is 41.2 Å². The smallest absolute Gasteiger partial charge is 0.230 e. The summed E-state index contributed by atoms with van der Waals surface area (Å²) < 4.78 is 0. The summed E-state index contributed by atoms with van der Waals surface area (Å²) >= 11 is 1.57. The molecule has 3 rings (SSSR count). The van der Waals surface area contributed by atoms with E-state index in [0.29, 0.717) is 6.54 Å². The lowest BCUT2D eigenvalue weighted by Crippen LogP contribution is -2.35. The lowest BCUT2D eigenvalue weighted by Gasteiger charge is -2.25. The van der Waals surface area contributed by atoms with Crippen LogP contribution in [0.3, 0.4) is 0 Å². The first-order valence-corrected chi connectivity index (χ1v) is 8.02. The van der Waals surface area contributed by atoms with Crippen molar-refractivity contribution in [3.8, 4) is 0 Å². The molecule has 20 heavy (non-hydrogen) atoms. The normalized spacial score (nSPS) is 15.4. The molecule has 1 aliphatic carbocycles. The second kappa shape index (κ2) is 6.18. The second-order valence-corrected chi connectivity index (χ2v) is 5.94. The van der Waals surface area contributed by atoms with Gasteiger partial charge in [0.15, 0.2) is 0 Å². The highest BCUT2D eigenvalue weighted by atomic mass is 32.1. The number of amides is 1. The standard InChI is InChI=1S/C16H18N2OS/c19-16(13-6-4-5-7-13)18(10-14-11-20-12-17-14)15-8-2-1-3-9-15/h1-3,8-9,11-13H,4-7,10H2. The van der Waals surface area contributed by atoms with E-state index in [1.54, 1.807) is 11.3 Å². The van der Waals surface area contributed by atoms with Crippen molar-refractivity contribution in [2.24, 2.45) is 5.92 Å².